The fourth-order valence-corrected chi connectivity index (χ4v) is 3.90. The van der Waals surface area contributed by atoms with Gasteiger partial charge in [0.05, 0.1) is 11.3 Å². The first-order valence-corrected chi connectivity index (χ1v) is 8.97. The van der Waals surface area contributed by atoms with E-state index in [9.17, 15) is 9.18 Å². The second kappa shape index (κ2) is 6.83. The molecular formula is C20H27FN4O. The Hall–Kier alpha value is -2.21. The van der Waals surface area contributed by atoms with Gasteiger partial charge in [-0.3, -0.25) is 4.79 Å². The van der Waals surface area contributed by atoms with Crippen LogP contribution in [-0.4, -0.2) is 43.7 Å². The van der Waals surface area contributed by atoms with Crippen LogP contribution in [0.3, 0.4) is 0 Å². The van der Waals surface area contributed by atoms with Gasteiger partial charge in [-0.05, 0) is 51.4 Å². The lowest BCUT2D eigenvalue weighted by Gasteiger charge is -2.33. The minimum Gasteiger partial charge on any atom is -0.383 e. The molecule has 6 heteroatoms. The number of carbonyl (C=O) groups is 1. The van der Waals surface area contributed by atoms with Gasteiger partial charge >= 0.3 is 0 Å². The minimum atomic E-state index is -0.427. The van der Waals surface area contributed by atoms with Crippen molar-refractivity contribution in [2.45, 2.75) is 33.6 Å². The number of likely N-dealkylation sites (N-methyl/N-ethyl adjacent to an activating group) is 1. The first kappa shape index (κ1) is 18.6. The number of amides is 1. The van der Waals surface area contributed by atoms with Gasteiger partial charge in [0.15, 0.2) is 0 Å². The molecule has 0 saturated heterocycles. The molecule has 0 atom stereocenters. The smallest absolute Gasteiger partial charge is 0.272 e. The Bertz CT molecular complexity index is 808. The van der Waals surface area contributed by atoms with Crippen LogP contribution >= 0.6 is 0 Å². The molecule has 140 valence electrons. The average molecular weight is 358 g/mol. The number of rotatable bonds is 4. The molecule has 1 heterocycles. The van der Waals surface area contributed by atoms with E-state index >= 15 is 0 Å². The molecule has 0 unspecified atom stereocenters. The van der Waals surface area contributed by atoms with E-state index in [4.69, 9.17) is 0 Å². The Kier molecular flexibility index (Phi) is 4.88. The molecule has 0 saturated carbocycles. The van der Waals surface area contributed by atoms with E-state index in [-0.39, 0.29) is 11.3 Å². The summed E-state index contributed by atoms with van der Waals surface area (Å²) in [4.78, 5) is 14.6. The molecule has 3 rings (SSSR count). The summed E-state index contributed by atoms with van der Waals surface area (Å²) in [7, 11) is 3.98. The SMILES string of the molecule is CC1=C2C(=NNC(=O)c3cc(F)cc(NCCN(C)C)c32)CC(C)(C)C1. The standard InChI is InChI=1S/C20H27FN4O/c1-12-10-20(2,3)11-16-17(12)18-14(19(26)24-23-16)8-13(21)9-15(18)22-6-7-25(4)5/h8-9,22H,6-7,10-11H2,1-5H3,(H,24,26). The summed E-state index contributed by atoms with van der Waals surface area (Å²) in [5.74, 6) is -0.792. The molecule has 0 radical (unpaired) electrons. The molecule has 0 aromatic heterocycles. The predicted molar refractivity (Wildman–Crippen MR) is 104 cm³/mol. The summed E-state index contributed by atoms with van der Waals surface area (Å²) >= 11 is 0. The highest BCUT2D eigenvalue weighted by Gasteiger charge is 2.35. The lowest BCUT2D eigenvalue weighted by molar-refractivity contribution is 0.0954. The monoisotopic (exact) mass is 358 g/mol. The van der Waals surface area contributed by atoms with Gasteiger partial charge in [-0.25, -0.2) is 9.82 Å². The summed E-state index contributed by atoms with van der Waals surface area (Å²) < 4.78 is 14.2. The van der Waals surface area contributed by atoms with E-state index in [1.54, 1.807) is 0 Å². The second-order valence-electron chi connectivity index (χ2n) is 8.28. The van der Waals surface area contributed by atoms with Gasteiger partial charge in [-0.2, -0.15) is 5.10 Å². The van der Waals surface area contributed by atoms with Crippen molar-refractivity contribution >= 4 is 22.9 Å². The summed E-state index contributed by atoms with van der Waals surface area (Å²) in [5.41, 5.74) is 7.47. The fraction of sp³-hybridized carbons (Fsp3) is 0.500. The molecule has 2 N–H and O–H groups in total. The van der Waals surface area contributed by atoms with Gasteiger partial charge in [0.2, 0.25) is 0 Å². The lowest BCUT2D eigenvalue weighted by Crippen LogP contribution is -2.26. The van der Waals surface area contributed by atoms with Crippen LogP contribution in [0.5, 0.6) is 0 Å². The topological polar surface area (TPSA) is 56.7 Å². The summed E-state index contributed by atoms with van der Waals surface area (Å²) in [5, 5.41) is 7.68. The fourth-order valence-electron chi connectivity index (χ4n) is 3.90. The van der Waals surface area contributed by atoms with Gasteiger partial charge in [-0.1, -0.05) is 19.4 Å². The zero-order valence-electron chi connectivity index (χ0n) is 16.2. The van der Waals surface area contributed by atoms with Gasteiger partial charge in [0.25, 0.3) is 5.91 Å². The average Bonchev–Trinajstić information content (AvgIpc) is 2.64. The van der Waals surface area contributed by atoms with Crippen molar-refractivity contribution in [3.05, 3.63) is 34.6 Å². The molecule has 0 fully saturated rings. The van der Waals surface area contributed by atoms with E-state index in [0.717, 1.165) is 36.2 Å². The molecule has 1 aliphatic carbocycles. The number of nitrogens with one attached hydrogen (secondary N) is 2. The van der Waals surface area contributed by atoms with Crippen molar-refractivity contribution in [1.29, 1.82) is 0 Å². The number of hydrogen-bond acceptors (Lipinski definition) is 4. The lowest BCUT2D eigenvalue weighted by atomic mass is 9.71. The minimum absolute atomic E-state index is 0.0835. The second-order valence-corrected chi connectivity index (χ2v) is 8.28. The molecule has 1 aromatic rings. The third-order valence-corrected chi connectivity index (χ3v) is 4.87. The third kappa shape index (κ3) is 3.65. The maximum absolute atomic E-state index is 14.2. The molecule has 5 nitrogen and oxygen atoms in total. The number of halogens is 1. The Labute approximate surface area is 154 Å². The Morgan fingerprint density at radius 2 is 2.04 bits per heavy atom. The van der Waals surface area contributed by atoms with E-state index in [1.807, 2.05) is 14.1 Å². The van der Waals surface area contributed by atoms with Crippen LogP contribution in [0, 0.1) is 11.2 Å². The Morgan fingerprint density at radius 1 is 1.31 bits per heavy atom. The Balaban J connectivity index is 2.15. The molecule has 26 heavy (non-hydrogen) atoms. The summed E-state index contributed by atoms with van der Waals surface area (Å²) in [6.45, 7) is 7.95. The number of allylic oxidation sites excluding steroid dienone is 2. The number of carbonyl (C=O) groups excluding carboxylic acids is 1. The van der Waals surface area contributed by atoms with Crippen LogP contribution in [-0.2, 0) is 0 Å². The molecule has 0 spiro atoms. The zero-order valence-corrected chi connectivity index (χ0v) is 16.2. The van der Waals surface area contributed by atoms with Gasteiger partial charge in [-0.15, -0.1) is 0 Å². The number of fused-ring (bicyclic) bond motifs is 3. The van der Waals surface area contributed by atoms with Gasteiger partial charge in [0, 0.05) is 29.9 Å². The van der Waals surface area contributed by atoms with Crippen molar-refractivity contribution in [2.75, 3.05) is 32.5 Å². The van der Waals surface area contributed by atoms with Crippen molar-refractivity contribution < 1.29 is 9.18 Å². The largest absolute Gasteiger partial charge is 0.383 e. The quantitative estimate of drug-likeness (QED) is 0.866. The zero-order chi connectivity index (χ0) is 19.1. The summed E-state index contributed by atoms with van der Waals surface area (Å²) in [6, 6.07) is 2.78. The predicted octanol–water partition coefficient (Wildman–Crippen LogP) is 3.49. The van der Waals surface area contributed by atoms with Gasteiger partial charge < -0.3 is 10.2 Å². The van der Waals surface area contributed by atoms with Crippen LogP contribution < -0.4 is 10.7 Å². The van der Waals surface area contributed by atoms with Crippen molar-refractivity contribution in [3.63, 3.8) is 0 Å². The van der Waals surface area contributed by atoms with Crippen molar-refractivity contribution in [3.8, 4) is 0 Å². The van der Waals surface area contributed by atoms with Gasteiger partial charge in [0.1, 0.15) is 5.82 Å². The normalized spacial score (nSPS) is 18.7. The molecular weight excluding hydrogens is 331 g/mol. The molecule has 1 aromatic carbocycles. The summed E-state index contributed by atoms with van der Waals surface area (Å²) in [6.07, 6.45) is 1.69. The highest BCUT2D eigenvalue weighted by Crippen LogP contribution is 2.44. The van der Waals surface area contributed by atoms with Crippen LogP contribution in [0.15, 0.2) is 22.8 Å². The number of anilines is 1. The van der Waals surface area contributed by atoms with Crippen LogP contribution in [0.4, 0.5) is 10.1 Å². The maximum atomic E-state index is 14.2. The molecule has 2 aliphatic rings. The molecule has 1 aliphatic heterocycles. The van der Waals surface area contributed by atoms with E-state index < -0.39 is 5.82 Å². The maximum Gasteiger partial charge on any atom is 0.272 e. The van der Waals surface area contributed by atoms with Crippen LogP contribution in [0.25, 0.3) is 5.57 Å². The molecule has 0 bridgehead atoms. The van der Waals surface area contributed by atoms with Crippen molar-refractivity contribution in [1.82, 2.24) is 10.3 Å². The third-order valence-electron chi connectivity index (χ3n) is 4.87. The Morgan fingerprint density at radius 3 is 2.73 bits per heavy atom. The number of hydrogen-bond donors (Lipinski definition) is 2. The molecule has 1 amide bonds. The number of nitrogens with zero attached hydrogens (tertiary/aromatic N) is 2. The highest BCUT2D eigenvalue weighted by atomic mass is 19.1. The van der Waals surface area contributed by atoms with E-state index in [1.165, 1.54) is 17.7 Å². The van der Waals surface area contributed by atoms with Crippen LogP contribution in [0.2, 0.25) is 0 Å². The van der Waals surface area contributed by atoms with Crippen molar-refractivity contribution in [2.24, 2.45) is 10.5 Å². The highest BCUT2D eigenvalue weighted by molar-refractivity contribution is 6.29. The van der Waals surface area contributed by atoms with E-state index in [2.05, 4.69) is 41.5 Å². The number of benzene rings is 1. The first-order valence-electron chi connectivity index (χ1n) is 8.97. The van der Waals surface area contributed by atoms with E-state index in [0.29, 0.717) is 17.8 Å². The number of hydrazone groups is 1. The first-order chi connectivity index (χ1) is 12.2. The van der Waals surface area contributed by atoms with Crippen LogP contribution in [0.1, 0.15) is 49.5 Å².